The molecule has 1 amide bonds. The van der Waals surface area contributed by atoms with Crippen LogP contribution in [0.15, 0.2) is 47.8 Å². The number of thiophene rings is 1. The van der Waals surface area contributed by atoms with Crippen molar-refractivity contribution in [2.24, 2.45) is 0 Å². The molecule has 2 aromatic heterocycles. The smallest absolute Gasteiger partial charge is 0.254 e. The number of aromatic amines is 1. The number of nitrogens with one attached hydrogen (secondary N) is 1. The van der Waals surface area contributed by atoms with Gasteiger partial charge in [-0.1, -0.05) is 23.7 Å². The largest absolute Gasteiger partial charge is 0.352 e. The minimum absolute atomic E-state index is 0.0310. The summed E-state index contributed by atoms with van der Waals surface area (Å²) in [7, 11) is 0. The molecule has 0 atom stereocenters. The first-order valence-corrected chi connectivity index (χ1v) is 9.35. The van der Waals surface area contributed by atoms with Crippen LogP contribution in [-0.2, 0) is 0 Å². The second-order valence-corrected chi connectivity index (χ2v) is 7.29. The van der Waals surface area contributed by atoms with Gasteiger partial charge in [0.05, 0.1) is 10.6 Å². The summed E-state index contributed by atoms with van der Waals surface area (Å²) in [5, 5.41) is 10.2. The van der Waals surface area contributed by atoms with E-state index in [0.717, 1.165) is 24.6 Å². The number of rotatable bonds is 3. The monoisotopic (exact) mass is 372 g/mol. The first kappa shape index (κ1) is 16.2. The molecule has 0 unspecified atom stereocenters. The van der Waals surface area contributed by atoms with Gasteiger partial charge in [-0.25, -0.2) is 0 Å². The minimum atomic E-state index is 0.0310. The fourth-order valence-electron chi connectivity index (χ4n) is 2.97. The number of aromatic nitrogens is 2. The van der Waals surface area contributed by atoms with E-state index in [4.69, 9.17) is 11.6 Å². The molecule has 0 aliphatic carbocycles. The first-order chi connectivity index (χ1) is 12.2. The third-order valence-electron chi connectivity index (χ3n) is 4.31. The molecule has 1 aliphatic heterocycles. The highest BCUT2D eigenvalue weighted by Gasteiger charge is 2.23. The highest BCUT2D eigenvalue weighted by molar-refractivity contribution is 7.13. The van der Waals surface area contributed by atoms with Crippen LogP contribution in [0.5, 0.6) is 0 Å². The molecule has 1 aromatic carbocycles. The van der Waals surface area contributed by atoms with Gasteiger partial charge in [-0.15, -0.1) is 11.3 Å². The van der Waals surface area contributed by atoms with Crippen LogP contribution in [0.1, 0.15) is 10.4 Å². The van der Waals surface area contributed by atoms with Gasteiger partial charge in [-0.3, -0.25) is 9.89 Å². The van der Waals surface area contributed by atoms with Crippen molar-refractivity contribution in [3.8, 4) is 10.6 Å². The summed E-state index contributed by atoms with van der Waals surface area (Å²) in [6, 6.07) is 13.3. The van der Waals surface area contributed by atoms with Crippen LogP contribution >= 0.6 is 22.9 Å². The highest BCUT2D eigenvalue weighted by atomic mass is 35.5. The number of carbonyl (C=O) groups excluding carboxylic acids is 1. The van der Waals surface area contributed by atoms with Crippen molar-refractivity contribution in [1.82, 2.24) is 15.1 Å². The maximum atomic E-state index is 12.6. The van der Waals surface area contributed by atoms with Gasteiger partial charge in [0.1, 0.15) is 0 Å². The van der Waals surface area contributed by atoms with E-state index in [0.29, 0.717) is 23.7 Å². The Morgan fingerprint density at radius 3 is 2.68 bits per heavy atom. The van der Waals surface area contributed by atoms with Crippen molar-refractivity contribution in [3.63, 3.8) is 0 Å². The third-order valence-corrected chi connectivity index (χ3v) is 5.45. The van der Waals surface area contributed by atoms with Crippen LogP contribution < -0.4 is 4.90 Å². The molecule has 3 aromatic rings. The van der Waals surface area contributed by atoms with Gasteiger partial charge in [0.25, 0.3) is 5.91 Å². The van der Waals surface area contributed by atoms with Crippen molar-refractivity contribution >= 4 is 34.7 Å². The molecular formula is C18H17ClN4OS. The molecule has 0 saturated carbocycles. The molecule has 0 radical (unpaired) electrons. The molecule has 7 heteroatoms. The standard InChI is InChI=1S/C18H17ClN4OS/c19-14-4-1-3-13(11-14)18(24)23-8-6-22(7-9-23)17-12-15(20-21-17)16-5-2-10-25-16/h1-5,10-12H,6-9H2,(H,20,21). The molecule has 0 bridgehead atoms. The van der Waals surface area contributed by atoms with E-state index in [9.17, 15) is 4.79 Å². The first-order valence-electron chi connectivity index (χ1n) is 8.10. The van der Waals surface area contributed by atoms with Gasteiger partial charge in [-0.2, -0.15) is 5.10 Å². The zero-order valence-electron chi connectivity index (χ0n) is 13.5. The zero-order chi connectivity index (χ0) is 17.2. The second-order valence-electron chi connectivity index (χ2n) is 5.91. The van der Waals surface area contributed by atoms with E-state index in [-0.39, 0.29) is 5.91 Å². The lowest BCUT2D eigenvalue weighted by molar-refractivity contribution is 0.0746. The Balaban J connectivity index is 1.41. The quantitative estimate of drug-likeness (QED) is 0.761. The number of carbonyl (C=O) groups is 1. The number of nitrogens with zero attached hydrogens (tertiary/aromatic N) is 3. The molecule has 4 rings (SSSR count). The third kappa shape index (κ3) is 3.41. The average Bonchev–Trinajstić information content (AvgIpc) is 3.32. The lowest BCUT2D eigenvalue weighted by atomic mass is 10.2. The average molecular weight is 373 g/mol. The number of hydrogen-bond acceptors (Lipinski definition) is 4. The van der Waals surface area contributed by atoms with Crippen LogP contribution in [0.3, 0.4) is 0 Å². The number of piperazine rings is 1. The van der Waals surface area contributed by atoms with Gasteiger partial charge in [0.2, 0.25) is 0 Å². The normalized spacial score (nSPS) is 14.8. The topological polar surface area (TPSA) is 52.2 Å². The number of hydrogen-bond donors (Lipinski definition) is 1. The summed E-state index contributed by atoms with van der Waals surface area (Å²) in [6.45, 7) is 2.88. The Morgan fingerprint density at radius 1 is 1.12 bits per heavy atom. The van der Waals surface area contributed by atoms with Crippen molar-refractivity contribution in [1.29, 1.82) is 0 Å². The van der Waals surface area contributed by atoms with Crippen molar-refractivity contribution < 1.29 is 4.79 Å². The lowest BCUT2D eigenvalue weighted by Gasteiger charge is -2.34. The van der Waals surface area contributed by atoms with Crippen molar-refractivity contribution in [2.75, 3.05) is 31.1 Å². The van der Waals surface area contributed by atoms with Crippen LogP contribution in [0.2, 0.25) is 5.02 Å². The van der Waals surface area contributed by atoms with Gasteiger partial charge in [0.15, 0.2) is 5.82 Å². The summed E-state index contributed by atoms with van der Waals surface area (Å²) < 4.78 is 0. The molecule has 0 spiro atoms. The van der Waals surface area contributed by atoms with Crippen LogP contribution in [0.4, 0.5) is 5.82 Å². The van der Waals surface area contributed by atoms with Gasteiger partial charge >= 0.3 is 0 Å². The van der Waals surface area contributed by atoms with Gasteiger partial charge in [0, 0.05) is 42.8 Å². The van der Waals surface area contributed by atoms with Gasteiger partial charge < -0.3 is 9.80 Å². The predicted molar refractivity (Wildman–Crippen MR) is 101 cm³/mol. The SMILES string of the molecule is O=C(c1cccc(Cl)c1)N1CCN(c2cc(-c3cccs3)[nH]n2)CC1. The highest BCUT2D eigenvalue weighted by Crippen LogP contribution is 2.26. The maximum Gasteiger partial charge on any atom is 0.254 e. The van der Waals surface area contributed by atoms with E-state index >= 15 is 0 Å². The Labute approximate surface area is 154 Å². The van der Waals surface area contributed by atoms with E-state index < -0.39 is 0 Å². The van der Waals surface area contributed by atoms with Crippen LogP contribution in [0, 0.1) is 0 Å². The Morgan fingerprint density at radius 2 is 1.96 bits per heavy atom. The molecule has 1 N–H and O–H groups in total. The number of benzene rings is 1. The fourth-order valence-corrected chi connectivity index (χ4v) is 3.86. The van der Waals surface area contributed by atoms with Crippen LogP contribution in [-0.4, -0.2) is 47.2 Å². The molecule has 5 nitrogen and oxygen atoms in total. The molecular weight excluding hydrogens is 356 g/mol. The summed E-state index contributed by atoms with van der Waals surface area (Å²) in [6.07, 6.45) is 0. The molecule has 128 valence electrons. The number of amides is 1. The Bertz CT molecular complexity index is 869. The molecule has 1 aliphatic rings. The second kappa shape index (κ2) is 6.90. The summed E-state index contributed by atoms with van der Waals surface area (Å²) in [5.74, 6) is 0.960. The summed E-state index contributed by atoms with van der Waals surface area (Å²) in [4.78, 5) is 17.8. The fraction of sp³-hybridized carbons (Fsp3) is 0.222. The lowest BCUT2D eigenvalue weighted by Crippen LogP contribution is -2.48. The minimum Gasteiger partial charge on any atom is -0.352 e. The Kier molecular flexibility index (Phi) is 4.46. The van der Waals surface area contributed by atoms with E-state index in [1.54, 1.807) is 23.5 Å². The predicted octanol–water partition coefficient (Wildman–Crippen LogP) is 3.75. The number of halogens is 1. The van der Waals surface area contributed by atoms with Crippen LogP contribution in [0.25, 0.3) is 10.6 Å². The zero-order valence-corrected chi connectivity index (χ0v) is 15.1. The van der Waals surface area contributed by atoms with E-state index in [1.807, 2.05) is 23.1 Å². The molecule has 1 saturated heterocycles. The molecule has 1 fully saturated rings. The summed E-state index contributed by atoms with van der Waals surface area (Å²) >= 11 is 7.67. The van der Waals surface area contributed by atoms with Crippen molar-refractivity contribution in [2.45, 2.75) is 0 Å². The maximum absolute atomic E-state index is 12.6. The van der Waals surface area contributed by atoms with Gasteiger partial charge in [-0.05, 0) is 29.6 Å². The van der Waals surface area contributed by atoms with E-state index in [1.165, 1.54) is 4.88 Å². The number of anilines is 1. The summed E-state index contributed by atoms with van der Waals surface area (Å²) in [5.41, 5.74) is 1.67. The van der Waals surface area contributed by atoms with Crippen molar-refractivity contribution in [3.05, 3.63) is 58.4 Å². The number of H-pyrrole nitrogens is 1. The Hall–Kier alpha value is -2.31. The molecule has 3 heterocycles. The van der Waals surface area contributed by atoms with E-state index in [2.05, 4.69) is 32.6 Å². The molecule has 25 heavy (non-hydrogen) atoms.